The van der Waals surface area contributed by atoms with E-state index < -0.39 is 0 Å². The van der Waals surface area contributed by atoms with Crippen molar-refractivity contribution < 1.29 is 9.47 Å². The zero-order valence-electron chi connectivity index (χ0n) is 10.6. The predicted octanol–water partition coefficient (Wildman–Crippen LogP) is 3.25. The lowest BCUT2D eigenvalue weighted by atomic mass is 10.1. The molecule has 2 aromatic carbocycles. The molecule has 0 spiro atoms. The molecule has 0 heterocycles. The second kappa shape index (κ2) is 5.56. The third-order valence-corrected chi connectivity index (χ3v) is 2.76. The zero-order valence-corrected chi connectivity index (χ0v) is 10.6. The van der Waals surface area contributed by atoms with Gasteiger partial charge in [-0.15, -0.1) is 0 Å². The molecule has 0 unspecified atom stereocenters. The zero-order chi connectivity index (χ0) is 13.0. The Morgan fingerprint density at radius 1 is 1.00 bits per heavy atom. The molecule has 0 saturated carbocycles. The minimum atomic E-state index is 0.537. The van der Waals surface area contributed by atoms with Gasteiger partial charge in [0.1, 0.15) is 5.75 Å². The number of benzene rings is 2. The van der Waals surface area contributed by atoms with Crippen molar-refractivity contribution in [1.29, 1.82) is 0 Å². The Balaban J connectivity index is 2.28. The summed E-state index contributed by atoms with van der Waals surface area (Å²) in [7, 11) is 1.63. The monoisotopic (exact) mass is 243 g/mol. The fraction of sp³-hybridized carbons (Fsp3) is 0.200. The van der Waals surface area contributed by atoms with Crippen LogP contribution in [-0.2, 0) is 6.54 Å². The van der Waals surface area contributed by atoms with E-state index in [9.17, 15) is 0 Å². The van der Waals surface area contributed by atoms with Crippen LogP contribution in [0.25, 0.3) is 0 Å². The molecular weight excluding hydrogens is 226 g/mol. The highest BCUT2D eigenvalue weighted by molar-refractivity contribution is 5.45. The normalized spacial score (nSPS) is 10.2. The lowest BCUT2D eigenvalue weighted by Gasteiger charge is -2.12. The largest absolute Gasteiger partial charge is 0.493 e. The molecule has 2 rings (SSSR count). The minimum absolute atomic E-state index is 0.537. The van der Waals surface area contributed by atoms with E-state index in [1.807, 2.05) is 49.4 Å². The van der Waals surface area contributed by atoms with Crippen LogP contribution in [-0.4, -0.2) is 7.11 Å². The Morgan fingerprint density at radius 2 is 1.72 bits per heavy atom. The average Bonchev–Trinajstić information content (AvgIpc) is 2.41. The van der Waals surface area contributed by atoms with Crippen molar-refractivity contribution in [1.82, 2.24) is 0 Å². The molecule has 0 aliphatic carbocycles. The SMILES string of the molecule is COc1ccccc1Oc1ccc(CN)cc1C. The fourth-order valence-electron chi connectivity index (χ4n) is 1.77. The van der Waals surface area contributed by atoms with Gasteiger partial charge in [0.2, 0.25) is 0 Å². The quantitative estimate of drug-likeness (QED) is 0.896. The van der Waals surface area contributed by atoms with E-state index in [0.717, 1.165) is 22.6 Å². The van der Waals surface area contributed by atoms with Crippen molar-refractivity contribution in [2.75, 3.05) is 7.11 Å². The first-order valence-electron chi connectivity index (χ1n) is 5.85. The molecule has 18 heavy (non-hydrogen) atoms. The van der Waals surface area contributed by atoms with Crippen LogP contribution in [0.2, 0.25) is 0 Å². The molecule has 0 bridgehead atoms. The molecule has 0 aromatic heterocycles. The first kappa shape index (κ1) is 12.5. The number of methoxy groups -OCH3 is 1. The Kier molecular flexibility index (Phi) is 3.85. The van der Waals surface area contributed by atoms with Gasteiger partial charge in [0.25, 0.3) is 0 Å². The van der Waals surface area contributed by atoms with E-state index in [0.29, 0.717) is 12.3 Å². The van der Waals surface area contributed by atoms with Crippen LogP contribution >= 0.6 is 0 Å². The molecule has 0 fully saturated rings. The second-order valence-corrected chi connectivity index (χ2v) is 4.06. The summed E-state index contributed by atoms with van der Waals surface area (Å²) in [4.78, 5) is 0. The molecule has 0 aliphatic heterocycles. The number of hydrogen-bond acceptors (Lipinski definition) is 3. The van der Waals surface area contributed by atoms with Gasteiger partial charge in [-0.2, -0.15) is 0 Å². The molecule has 0 atom stereocenters. The van der Waals surface area contributed by atoms with Crippen LogP contribution < -0.4 is 15.2 Å². The number of aryl methyl sites for hydroxylation is 1. The van der Waals surface area contributed by atoms with Crippen molar-refractivity contribution in [2.45, 2.75) is 13.5 Å². The summed E-state index contributed by atoms with van der Waals surface area (Å²) in [5.41, 5.74) is 7.76. The highest BCUT2D eigenvalue weighted by Crippen LogP contribution is 2.32. The van der Waals surface area contributed by atoms with E-state index in [1.165, 1.54) is 0 Å². The number of ether oxygens (including phenoxy) is 2. The number of rotatable bonds is 4. The van der Waals surface area contributed by atoms with Gasteiger partial charge in [-0.25, -0.2) is 0 Å². The highest BCUT2D eigenvalue weighted by atomic mass is 16.5. The maximum Gasteiger partial charge on any atom is 0.169 e. The van der Waals surface area contributed by atoms with Crippen molar-refractivity contribution in [3.05, 3.63) is 53.6 Å². The van der Waals surface area contributed by atoms with Crippen molar-refractivity contribution in [3.63, 3.8) is 0 Å². The van der Waals surface area contributed by atoms with Crippen LogP contribution in [0.1, 0.15) is 11.1 Å². The Bertz CT molecular complexity index is 538. The Morgan fingerprint density at radius 3 is 2.33 bits per heavy atom. The number of nitrogens with two attached hydrogens (primary N) is 1. The third-order valence-electron chi connectivity index (χ3n) is 2.76. The van der Waals surface area contributed by atoms with Crippen LogP contribution in [0, 0.1) is 6.92 Å². The molecular formula is C15H17NO2. The van der Waals surface area contributed by atoms with Gasteiger partial charge in [0.05, 0.1) is 7.11 Å². The van der Waals surface area contributed by atoms with E-state index in [1.54, 1.807) is 7.11 Å². The molecule has 94 valence electrons. The van der Waals surface area contributed by atoms with Crippen LogP contribution in [0.5, 0.6) is 17.2 Å². The van der Waals surface area contributed by atoms with E-state index in [4.69, 9.17) is 15.2 Å². The fourth-order valence-corrected chi connectivity index (χ4v) is 1.77. The van der Waals surface area contributed by atoms with E-state index in [-0.39, 0.29) is 0 Å². The summed E-state index contributed by atoms with van der Waals surface area (Å²) in [6.07, 6.45) is 0. The lowest BCUT2D eigenvalue weighted by molar-refractivity contribution is 0.378. The highest BCUT2D eigenvalue weighted by Gasteiger charge is 2.06. The topological polar surface area (TPSA) is 44.5 Å². The third kappa shape index (κ3) is 2.63. The second-order valence-electron chi connectivity index (χ2n) is 4.06. The Hall–Kier alpha value is -2.00. The summed E-state index contributed by atoms with van der Waals surface area (Å²) in [5, 5.41) is 0. The lowest BCUT2D eigenvalue weighted by Crippen LogP contribution is -1.97. The van der Waals surface area contributed by atoms with Gasteiger partial charge < -0.3 is 15.2 Å². The number of hydrogen-bond donors (Lipinski definition) is 1. The van der Waals surface area contributed by atoms with Crippen molar-refractivity contribution >= 4 is 0 Å². The summed E-state index contributed by atoms with van der Waals surface area (Å²) in [6.45, 7) is 2.54. The van der Waals surface area contributed by atoms with E-state index in [2.05, 4.69) is 0 Å². The molecule has 0 saturated heterocycles. The van der Waals surface area contributed by atoms with Gasteiger partial charge >= 0.3 is 0 Å². The van der Waals surface area contributed by atoms with Crippen LogP contribution in [0.3, 0.4) is 0 Å². The minimum Gasteiger partial charge on any atom is -0.493 e. The summed E-state index contributed by atoms with van der Waals surface area (Å²) in [5.74, 6) is 2.25. The molecule has 3 heteroatoms. The Labute approximate surface area is 107 Å². The molecule has 3 nitrogen and oxygen atoms in total. The molecule has 0 amide bonds. The van der Waals surface area contributed by atoms with Gasteiger partial charge in [-0.3, -0.25) is 0 Å². The molecule has 0 radical (unpaired) electrons. The maximum absolute atomic E-state index is 5.86. The molecule has 2 aromatic rings. The summed E-state index contributed by atoms with van der Waals surface area (Å²) < 4.78 is 11.1. The van der Waals surface area contributed by atoms with Gasteiger partial charge in [0, 0.05) is 6.54 Å². The maximum atomic E-state index is 5.86. The van der Waals surface area contributed by atoms with Crippen molar-refractivity contribution in [3.8, 4) is 17.2 Å². The van der Waals surface area contributed by atoms with Crippen LogP contribution in [0.4, 0.5) is 0 Å². The van der Waals surface area contributed by atoms with Gasteiger partial charge in [-0.05, 0) is 36.2 Å². The summed E-state index contributed by atoms with van der Waals surface area (Å²) in [6, 6.07) is 13.5. The first-order chi connectivity index (χ1) is 8.74. The number of para-hydroxylation sites is 2. The van der Waals surface area contributed by atoms with Gasteiger partial charge in [-0.1, -0.05) is 24.3 Å². The molecule has 2 N–H and O–H groups in total. The first-order valence-corrected chi connectivity index (χ1v) is 5.85. The standard InChI is InChI=1S/C15H17NO2/c1-11-9-12(10-16)7-8-13(11)18-15-6-4-3-5-14(15)17-2/h3-9H,10,16H2,1-2H3. The smallest absolute Gasteiger partial charge is 0.169 e. The van der Waals surface area contributed by atoms with Crippen molar-refractivity contribution in [2.24, 2.45) is 5.73 Å². The van der Waals surface area contributed by atoms with E-state index >= 15 is 0 Å². The molecule has 0 aliphatic rings. The summed E-state index contributed by atoms with van der Waals surface area (Å²) >= 11 is 0. The average molecular weight is 243 g/mol. The van der Waals surface area contributed by atoms with Gasteiger partial charge in [0.15, 0.2) is 11.5 Å². The predicted molar refractivity (Wildman–Crippen MR) is 72.1 cm³/mol. The van der Waals surface area contributed by atoms with Crippen LogP contribution in [0.15, 0.2) is 42.5 Å².